The van der Waals surface area contributed by atoms with Crippen molar-refractivity contribution in [3.05, 3.63) is 82.2 Å². The molecular weight excluding hydrogens is 351 g/mol. The van der Waals surface area contributed by atoms with Crippen LogP contribution in [-0.4, -0.2) is 29.3 Å². The fourth-order valence-corrected chi connectivity index (χ4v) is 3.42. The number of nitrogens with zero attached hydrogens (tertiary/aromatic N) is 2. The van der Waals surface area contributed by atoms with Crippen molar-refractivity contribution in [3.8, 4) is 0 Å². The molecule has 2 aromatic heterocycles. The second-order valence-corrected chi connectivity index (χ2v) is 7.21. The molecule has 0 aliphatic rings. The van der Waals surface area contributed by atoms with Gasteiger partial charge in [-0.3, -0.25) is 9.69 Å². The first-order valence-electron chi connectivity index (χ1n) is 8.35. The molecule has 3 aromatic rings. The smallest absolute Gasteiger partial charge is 0.236 e. The number of carbonyl (C=O) groups excluding carboxylic acids is 1. The molecule has 2 heterocycles. The summed E-state index contributed by atoms with van der Waals surface area (Å²) in [4.78, 5) is 17.6. The highest BCUT2D eigenvalue weighted by atomic mass is 32.1. The molecule has 0 saturated carbocycles. The Labute approximate surface area is 156 Å². The van der Waals surface area contributed by atoms with Crippen LogP contribution in [0, 0.1) is 5.82 Å². The molecule has 6 heteroatoms. The van der Waals surface area contributed by atoms with Gasteiger partial charge in [-0.1, -0.05) is 18.2 Å². The van der Waals surface area contributed by atoms with E-state index in [1.54, 1.807) is 41.7 Å². The molecule has 0 aliphatic heterocycles. The molecule has 0 bridgehead atoms. The fraction of sp³-hybridized carbons (Fsp3) is 0.250. The van der Waals surface area contributed by atoms with Gasteiger partial charge in [0.25, 0.3) is 0 Å². The quantitative estimate of drug-likeness (QED) is 0.596. The van der Waals surface area contributed by atoms with Gasteiger partial charge in [0.15, 0.2) is 0 Å². The highest BCUT2D eigenvalue weighted by Crippen LogP contribution is 2.15. The van der Waals surface area contributed by atoms with Crippen molar-refractivity contribution >= 4 is 17.2 Å². The SMILES string of the molecule is CN(Cc1ccc(F)cc1)C(=O)CN(Cc1ccco1)Cc1cccs1. The third-order valence-electron chi connectivity index (χ3n) is 4.04. The second kappa shape index (κ2) is 8.78. The number of amides is 1. The van der Waals surface area contributed by atoms with Crippen molar-refractivity contribution in [1.29, 1.82) is 0 Å². The summed E-state index contributed by atoms with van der Waals surface area (Å²) in [6, 6.07) is 14.0. The summed E-state index contributed by atoms with van der Waals surface area (Å²) in [7, 11) is 1.77. The number of hydrogen-bond acceptors (Lipinski definition) is 4. The summed E-state index contributed by atoms with van der Waals surface area (Å²) in [6.45, 7) is 2.00. The van der Waals surface area contributed by atoms with E-state index in [1.807, 2.05) is 23.6 Å². The predicted octanol–water partition coefficient (Wildman–Crippen LogP) is 4.14. The first-order chi connectivity index (χ1) is 12.6. The zero-order chi connectivity index (χ0) is 18.4. The van der Waals surface area contributed by atoms with Crippen LogP contribution in [0.3, 0.4) is 0 Å². The lowest BCUT2D eigenvalue weighted by molar-refractivity contribution is -0.132. The van der Waals surface area contributed by atoms with E-state index in [9.17, 15) is 9.18 Å². The lowest BCUT2D eigenvalue weighted by Gasteiger charge is -2.24. The van der Waals surface area contributed by atoms with E-state index in [2.05, 4.69) is 11.0 Å². The van der Waals surface area contributed by atoms with Gasteiger partial charge in [0.05, 0.1) is 19.4 Å². The van der Waals surface area contributed by atoms with Gasteiger partial charge in [-0.2, -0.15) is 0 Å². The maximum absolute atomic E-state index is 13.0. The number of carbonyl (C=O) groups is 1. The van der Waals surface area contributed by atoms with Crippen molar-refractivity contribution in [2.24, 2.45) is 0 Å². The van der Waals surface area contributed by atoms with Gasteiger partial charge in [-0.15, -0.1) is 11.3 Å². The Balaban J connectivity index is 1.62. The van der Waals surface area contributed by atoms with Crippen LogP contribution in [0.25, 0.3) is 0 Å². The van der Waals surface area contributed by atoms with Gasteiger partial charge in [0.2, 0.25) is 5.91 Å². The van der Waals surface area contributed by atoms with Crippen LogP contribution >= 0.6 is 11.3 Å². The van der Waals surface area contributed by atoms with E-state index in [1.165, 1.54) is 17.0 Å². The minimum atomic E-state index is -0.275. The normalized spacial score (nSPS) is 11.0. The van der Waals surface area contributed by atoms with Crippen LogP contribution < -0.4 is 0 Å². The molecular formula is C20H21FN2O2S. The van der Waals surface area contributed by atoms with Crippen LogP contribution in [0.15, 0.2) is 64.6 Å². The Morgan fingerprint density at radius 2 is 1.88 bits per heavy atom. The lowest BCUT2D eigenvalue weighted by Crippen LogP contribution is -2.37. The number of hydrogen-bond donors (Lipinski definition) is 0. The number of thiophene rings is 1. The minimum Gasteiger partial charge on any atom is -0.468 e. The zero-order valence-electron chi connectivity index (χ0n) is 14.6. The van der Waals surface area contributed by atoms with E-state index in [4.69, 9.17) is 4.42 Å². The summed E-state index contributed by atoms with van der Waals surface area (Å²) < 4.78 is 18.5. The highest BCUT2D eigenvalue weighted by Gasteiger charge is 2.17. The van der Waals surface area contributed by atoms with Crippen molar-refractivity contribution in [2.75, 3.05) is 13.6 Å². The maximum atomic E-state index is 13.0. The molecule has 0 spiro atoms. The van der Waals surface area contributed by atoms with Gasteiger partial charge in [-0.25, -0.2) is 4.39 Å². The molecule has 0 N–H and O–H groups in total. The Hall–Kier alpha value is -2.44. The molecule has 0 atom stereocenters. The van der Waals surface area contributed by atoms with Crippen LogP contribution in [0.4, 0.5) is 4.39 Å². The van der Waals surface area contributed by atoms with E-state index in [0.29, 0.717) is 19.6 Å². The van der Waals surface area contributed by atoms with Crippen molar-refractivity contribution in [1.82, 2.24) is 9.80 Å². The molecule has 1 aromatic carbocycles. The van der Waals surface area contributed by atoms with E-state index < -0.39 is 0 Å². The third-order valence-corrected chi connectivity index (χ3v) is 4.90. The average molecular weight is 372 g/mol. The summed E-state index contributed by atoms with van der Waals surface area (Å²) >= 11 is 1.67. The van der Waals surface area contributed by atoms with E-state index in [-0.39, 0.29) is 18.3 Å². The van der Waals surface area contributed by atoms with Crippen molar-refractivity contribution in [3.63, 3.8) is 0 Å². The third kappa shape index (κ3) is 5.28. The fourth-order valence-electron chi connectivity index (χ4n) is 2.68. The van der Waals surface area contributed by atoms with Crippen LogP contribution in [-0.2, 0) is 24.4 Å². The number of furan rings is 1. The summed E-state index contributed by atoms with van der Waals surface area (Å²) in [5.74, 6) is 0.566. The largest absolute Gasteiger partial charge is 0.468 e. The Morgan fingerprint density at radius 3 is 2.54 bits per heavy atom. The van der Waals surface area contributed by atoms with Crippen molar-refractivity contribution in [2.45, 2.75) is 19.6 Å². The summed E-state index contributed by atoms with van der Waals surface area (Å²) in [5.41, 5.74) is 0.901. The molecule has 1 amide bonds. The van der Waals surface area contributed by atoms with Crippen LogP contribution in [0.2, 0.25) is 0 Å². The molecule has 0 radical (unpaired) electrons. The number of benzene rings is 1. The van der Waals surface area contributed by atoms with E-state index >= 15 is 0 Å². The van der Waals surface area contributed by atoms with Gasteiger partial charge in [0, 0.05) is 25.0 Å². The monoisotopic (exact) mass is 372 g/mol. The molecule has 26 heavy (non-hydrogen) atoms. The van der Waals surface area contributed by atoms with Crippen molar-refractivity contribution < 1.29 is 13.6 Å². The number of rotatable bonds is 8. The van der Waals surface area contributed by atoms with Gasteiger partial charge in [-0.05, 0) is 41.3 Å². The molecule has 0 aliphatic carbocycles. The molecule has 3 rings (SSSR count). The average Bonchev–Trinajstić information content (AvgIpc) is 3.31. The Morgan fingerprint density at radius 1 is 1.08 bits per heavy atom. The first kappa shape index (κ1) is 18.4. The van der Waals surface area contributed by atoms with Gasteiger partial charge < -0.3 is 9.32 Å². The Bertz CT molecular complexity index is 765. The number of likely N-dealkylation sites (N-methyl/N-ethyl adjacent to an activating group) is 1. The summed E-state index contributed by atoms with van der Waals surface area (Å²) in [5, 5.41) is 2.03. The molecule has 0 saturated heterocycles. The maximum Gasteiger partial charge on any atom is 0.236 e. The topological polar surface area (TPSA) is 36.7 Å². The minimum absolute atomic E-state index is 0.0115. The zero-order valence-corrected chi connectivity index (χ0v) is 15.4. The number of halogens is 1. The van der Waals surface area contributed by atoms with E-state index in [0.717, 1.165) is 11.3 Å². The standard InChI is InChI=1S/C20H21FN2O2S/c1-22(12-16-6-8-17(21)9-7-16)20(24)15-23(13-18-4-2-10-25-18)14-19-5-3-11-26-19/h2-11H,12-15H2,1H3. The molecule has 0 unspecified atom stereocenters. The summed E-state index contributed by atoms with van der Waals surface area (Å²) in [6.07, 6.45) is 1.64. The predicted molar refractivity (Wildman–Crippen MR) is 100 cm³/mol. The Kier molecular flexibility index (Phi) is 6.20. The molecule has 4 nitrogen and oxygen atoms in total. The van der Waals surface area contributed by atoms with Gasteiger partial charge in [0.1, 0.15) is 11.6 Å². The second-order valence-electron chi connectivity index (χ2n) is 6.18. The first-order valence-corrected chi connectivity index (χ1v) is 9.23. The molecule has 0 fully saturated rings. The lowest BCUT2D eigenvalue weighted by atomic mass is 10.2. The highest BCUT2D eigenvalue weighted by molar-refractivity contribution is 7.09. The van der Waals surface area contributed by atoms with Crippen LogP contribution in [0.5, 0.6) is 0 Å². The molecule has 136 valence electrons. The van der Waals surface area contributed by atoms with Gasteiger partial charge >= 0.3 is 0 Å². The van der Waals surface area contributed by atoms with Crippen LogP contribution in [0.1, 0.15) is 16.2 Å².